The average molecular weight is 458 g/mol. The van der Waals surface area contributed by atoms with Crippen LogP contribution in [0.2, 0.25) is 0 Å². The minimum atomic E-state index is 0.396. The lowest BCUT2D eigenvalue weighted by Gasteiger charge is -2.00. The molecule has 186 valence electrons. The van der Waals surface area contributed by atoms with Crippen LogP contribution < -0.4 is 0 Å². The molecule has 7 nitrogen and oxygen atoms in total. The van der Waals surface area contributed by atoms with Gasteiger partial charge in [-0.3, -0.25) is 9.97 Å². The van der Waals surface area contributed by atoms with Crippen molar-refractivity contribution in [3.8, 4) is 0 Å². The van der Waals surface area contributed by atoms with E-state index in [2.05, 4.69) is 76.7 Å². The predicted molar refractivity (Wildman–Crippen MR) is 140 cm³/mol. The van der Waals surface area contributed by atoms with Crippen molar-refractivity contribution in [3.05, 3.63) is 66.8 Å². The molecule has 33 heavy (non-hydrogen) atoms. The van der Waals surface area contributed by atoms with Crippen molar-refractivity contribution >= 4 is 0 Å². The van der Waals surface area contributed by atoms with Crippen LogP contribution in [0.15, 0.2) is 49.7 Å². The Morgan fingerprint density at radius 3 is 1.39 bits per heavy atom. The average Bonchev–Trinajstić information content (AvgIpc) is 2.90. The maximum Gasteiger partial charge on any atom is 0.134 e. The van der Waals surface area contributed by atoms with Gasteiger partial charge in [0.1, 0.15) is 18.5 Å². The number of nitrogens with zero attached hydrogens (tertiary/aromatic N) is 7. The molecule has 0 unspecified atom stereocenters. The fourth-order valence-electron chi connectivity index (χ4n) is 1.80. The van der Waals surface area contributed by atoms with Gasteiger partial charge < -0.3 is 0 Å². The van der Waals surface area contributed by atoms with Crippen LogP contribution >= 0.6 is 0 Å². The third-order valence-electron chi connectivity index (χ3n) is 3.48. The Balaban J connectivity index is -0.000000367. The van der Waals surface area contributed by atoms with Crippen LogP contribution in [0.4, 0.5) is 0 Å². The minimum Gasteiger partial charge on any atom is -0.261 e. The molecular formula is C26H47N7. The molecule has 0 aliphatic heterocycles. The van der Waals surface area contributed by atoms with E-state index in [1.807, 2.05) is 47.6 Å². The van der Waals surface area contributed by atoms with Gasteiger partial charge in [-0.05, 0) is 23.5 Å². The molecule has 0 saturated heterocycles. The van der Waals surface area contributed by atoms with E-state index in [1.165, 1.54) is 18.2 Å². The molecule has 0 saturated carbocycles. The zero-order valence-corrected chi connectivity index (χ0v) is 23.0. The third kappa shape index (κ3) is 19.6. The first-order chi connectivity index (χ1) is 15.9. The normalized spacial score (nSPS) is 8.82. The zero-order chi connectivity index (χ0) is 26.1. The van der Waals surface area contributed by atoms with Crippen molar-refractivity contribution in [2.24, 2.45) is 0 Å². The van der Waals surface area contributed by atoms with Crippen molar-refractivity contribution in [2.75, 3.05) is 0 Å². The molecule has 0 aliphatic rings. The number of aromatic nitrogens is 7. The summed E-state index contributed by atoms with van der Waals surface area (Å²) in [6.45, 7) is 24.6. The Bertz CT molecular complexity index is 616. The molecule has 0 fully saturated rings. The maximum absolute atomic E-state index is 4.12. The summed E-state index contributed by atoms with van der Waals surface area (Å²) in [5, 5.41) is 7.43. The molecule has 3 rings (SSSR count). The monoisotopic (exact) mass is 457 g/mol. The van der Waals surface area contributed by atoms with Gasteiger partial charge in [-0.2, -0.15) is 10.2 Å². The van der Waals surface area contributed by atoms with Crippen LogP contribution in [0.1, 0.15) is 118 Å². The van der Waals surface area contributed by atoms with Crippen LogP contribution in [-0.2, 0) is 0 Å². The molecular weight excluding hydrogens is 410 g/mol. The van der Waals surface area contributed by atoms with Crippen molar-refractivity contribution < 1.29 is 0 Å². The molecule has 0 aliphatic carbocycles. The van der Waals surface area contributed by atoms with E-state index in [0.717, 1.165) is 11.5 Å². The van der Waals surface area contributed by atoms with E-state index < -0.39 is 0 Å². The molecule has 0 spiro atoms. The molecule has 0 aromatic carbocycles. The molecule has 3 aromatic heterocycles. The van der Waals surface area contributed by atoms with Crippen LogP contribution in [0, 0.1) is 0 Å². The van der Waals surface area contributed by atoms with Crippen LogP contribution in [0.3, 0.4) is 0 Å². The van der Waals surface area contributed by atoms with Crippen LogP contribution in [-0.4, -0.2) is 35.1 Å². The Hall–Kier alpha value is -2.83. The summed E-state index contributed by atoms with van der Waals surface area (Å²) in [6, 6.07) is 1.98. The largest absolute Gasteiger partial charge is 0.261 e. The Morgan fingerprint density at radius 2 is 1.12 bits per heavy atom. The van der Waals surface area contributed by atoms with Crippen molar-refractivity contribution in [1.29, 1.82) is 0 Å². The van der Waals surface area contributed by atoms with Crippen LogP contribution in [0.5, 0.6) is 0 Å². The lowest BCUT2D eigenvalue weighted by atomic mass is 10.1. The molecule has 3 aromatic rings. The first-order valence-electron chi connectivity index (χ1n) is 12.1. The fourth-order valence-corrected chi connectivity index (χ4v) is 1.80. The second-order valence-corrected chi connectivity index (χ2v) is 6.77. The van der Waals surface area contributed by atoms with Gasteiger partial charge in [0, 0.05) is 30.7 Å². The lowest BCUT2D eigenvalue weighted by Crippen LogP contribution is -1.95. The molecule has 0 radical (unpaired) electrons. The summed E-state index contributed by atoms with van der Waals surface area (Å²) < 4.78 is 0. The van der Waals surface area contributed by atoms with E-state index in [0.29, 0.717) is 17.8 Å². The van der Waals surface area contributed by atoms with E-state index in [9.17, 15) is 0 Å². The summed E-state index contributed by atoms with van der Waals surface area (Å²) in [5.41, 5.74) is 2.29. The van der Waals surface area contributed by atoms with E-state index in [4.69, 9.17) is 0 Å². The first-order valence-corrected chi connectivity index (χ1v) is 12.1. The minimum absolute atomic E-state index is 0.396. The molecule has 0 amide bonds. The van der Waals surface area contributed by atoms with Gasteiger partial charge in [-0.15, -0.1) is 0 Å². The molecule has 0 atom stereocenters. The number of hydrogen-bond donors (Lipinski definition) is 0. The number of hydrogen-bond acceptors (Lipinski definition) is 7. The highest BCUT2D eigenvalue weighted by atomic mass is 15.1. The zero-order valence-electron chi connectivity index (χ0n) is 23.0. The summed E-state index contributed by atoms with van der Waals surface area (Å²) in [7, 11) is 0. The van der Waals surface area contributed by atoms with Crippen molar-refractivity contribution in [1.82, 2.24) is 35.1 Å². The van der Waals surface area contributed by atoms with Gasteiger partial charge in [-0.1, -0.05) is 83.1 Å². The van der Waals surface area contributed by atoms with Crippen LogP contribution in [0.25, 0.3) is 0 Å². The van der Waals surface area contributed by atoms with E-state index >= 15 is 0 Å². The predicted octanol–water partition coefficient (Wildman–Crippen LogP) is 7.27. The topological polar surface area (TPSA) is 90.2 Å². The van der Waals surface area contributed by atoms with Crippen molar-refractivity contribution in [2.45, 2.75) is 101 Å². The van der Waals surface area contributed by atoms with Gasteiger partial charge in [-0.25, -0.2) is 15.0 Å². The van der Waals surface area contributed by atoms with E-state index in [-0.39, 0.29) is 0 Å². The standard InChI is InChI=1S/2C7H10N2.C6H9N3.3C2H6/c1-6(2)7-5-8-3-4-9-7;1-6(2)7-3-4-8-9-5-7;1-5(2)6-8-3-7-4-9-6;3*1-2/h2*3-6H,1-2H3;3-5H,1-2H3;3*1-2H3. The van der Waals surface area contributed by atoms with Gasteiger partial charge in [0.15, 0.2) is 0 Å². The second-order valence-electron chi connectivity index (χ2n) is 6.77. The molecule has 3 heterocycles. The summed E-state index contributed by atoms with van der Waals surface area (Å²) in [6.07, 6.45) is 11.7. The molecule has 0 bridgehead atoms. The van der Waals surface area contributed by atoms with Gasteiger partial charge in [0.25, 0.3) is 0 Å². The Kier molecular flexibility index (Phi) is 26.8. The number of rotatable bonds is 3. The fraction of sp³-hybridized carbons (Fsp3) is 0.577. The molecule has 0 N–H and O–H groups in total. The quantitative estimate of drug-likeness (QED) is 0.408. The SMILES string of the molecule is CC.CC.CC.CC(C)c1ccnnc1.CC(C)c1cnccn1.CC(C)c1ncncn1. The smallest absolute Gasteiger partial charge is 0.134 e. The van der Waals surface area contributed by atoms with Gasteiger partial charge >= 0.3 is 0 Å². The highest BCUT2D eigenvalue weighted by Gasteiger charge is 1.98. The summed E-state index contributed by atoms with van der Waals surface area (Å²) in [4.78, 5) is 19.7. The summed E-state index contributed by atoms with van der Waals surface area (Å²) >= 11 is 0. The lowest BCUT2D eigenvalue weighted by molar-refractivity contribution is 0.759. The first kappa shape index (κ1) is 34.8. The maximum atomic E-state index is 4.12. The Labute approximate surface area is 203 Å². The highest BCUT2D eigenvalue weighted by molar-refractivity contribution is 5.09. The third-order valence-corrected chi connectivity index (χ3v) is 3.48. The van der Waals surface area contributed by atoms with Gasteiger partial charge in [0.05, 0.1) is 11.9 Å². The van der Waals surface area contributed by atoms with Crippen molar-refractivity contribution in [3.63, 3.8) is 0 Å². The second kappa shape index (κ2) is 25.4. The van der Waals surface area contributed by atoms with Gasteiger partial charge in [0.2, 0.25) is 0 Å². The van der Waals surface area contributed by atoms with E-state index in [1.54, 1.807) is 31.0 Å². The summed E-state index contributed by atoms with van der Waals surface area (Å²) in [5.74, 6) is 2.29. The highest BCUT2D eigenvalue weighted by Crippen LogP contribution is 2.09. The molecule has 7 heteroatoms. The Morgan fingerprint density at radius 1 is 0.545 bits per heavy atom.